The Morgan fingerprint density at radius 1 is 1.45 bits per heavy atom. The second-order valence-corrected chi connectivity index (χ2v) is 7.36. The third kappa shape index (κ3) is 2.32. The average molecular weight is 370 g/mol. The molecule has 0 unspecified atom stereocenters. The lowest BCUT2D eigenvalue weighted by atomic mass is 10.2. The molecule has 0 aliphatic rings. The number of hydrogen-bond donors (Lipinski definition) is 1. The summed E-state index contributed by atoms with van der Waals surface area (Å²) in [5, 5.41) is 11.2. The maximum atomic E-state index is 11.3. The molecule has 0 radical (unpaired) electrons. The molecule has 20 heavy (non-hydrogen) atoms. The van der Waals surface area contributed by atoms with Crippen molar-refractivity contribution in [2.75, 3.05) is 0 Å². The third-order valence-electron chi connectivity index (χ3n) is 2.64. The van der Waals surface area contributed by atoms with E-state index in [0.29, 0.717) is 11.7 Å². The molecular formula is C13H8BrNO3S2. The van der Waals surface area contributed by atoms with Gasteiger partial charge in [-0.1, -0.05) is 6.07 Å². The minimum atomic E-state index is -1.09. The number of carboxylic acids is 1. The number of halogens is 1. The molecule has 0 saturated carbocycles. The maximum Gasteiger partial charge on any atom is 0.358 e. The Bertz CT molecular complexity index is 754. The summed E-state index contributed by atoms with van der Waals surface area (Å²) in [4.78, 5) is 17.0. The molecular weight excluding hydrogens is 362 g/mol. The van der Waals surface area contributed by atoms with Gasteiger partial charge in [0, 0.05) is 0 Å². The van der Waals surface area contributed by atoms with E-state index >= 15 is 0 Å². The van der Waals surface area contributed by atoms with E-state index in [0.717, 1.165) is 19.1 Å². The highest BCUT2D eigenvalue weighted by Crippen LogP contribution is 2.38. The van der Waals surface area contributed by atoms with Gasteiger partial charge >= 0.3 is 5.97 Å². The molecule has 1 N–H and O–H groups in total. The van der Waals surface area contributed by atoms with Gasteiger partial charge in [0.2, 0.25) is 5.89 Å². The van der Waals surface area contributed by atoms with Crippen molar-refractivity contribution < 1.29 is 14.3 Å². The van der Waals surface area contributed by atoms with E-state index in [-0.39, 0.29) is 5.69 Å². The Labute approximate surface area is 130 Å². The summed E-state index contributed by atoms with van der Waals surface area (Å²) in [7, 11) is 0. The minimum Gasteiger partial charge on any atom is -0.476 e. The number of oxazole rings is 1. The first-order valence-corrected chi connectivity index (χ1v) is 8.09. The second kappa shape index (κ2) is 5.16. The summed E-state index contributed by atoms with van der Waals surface area (Å²) >= 11 is 6.32. The predicted molar refractivity (Wildman–Crippen MR) is 82.5 cm³/mol. The van der Waals surface area contributed by atoms with Crippen LogP contribution in [0.25, 0.3) is 21.4 Å². The van der Waals surface area contributed by atoms with Crippen molar-refractivity contribution >= 4 is 44.6 Å². The highest BCUT2D eigenvalue weighted by atomic mass is 79.9. The molecule has 0 aliphatic heterocycles. The number of hydrogen-bond acceptors (Lipinski definition) is 5. The van der Waals surface area contributed by atoms with Crippen molar-refractivity contribution in [2.45, 2.75) is 6.92 Å². The molecule has 3 aromatic heterocycles. The van der Waals surface area contributed by atoms with Crippen molar-refractivity contribution in [3.8, 4) is 21.4 Å². The Hall–Kier alpha value is -1.44. The van der Waals surface area contributed by atoms with Crippen LogP contribution in [0.15, 0.2) is 31.8 Å². The third-order valence-corrected chi connectivity index (χ3v) is 5.64. The predicted octanol–water partition coefficient (Wildman–Crippen LogP) is 4.90. The molecule has 0 aliphatic carbocycles. The van der Waals surface area contributed by atoms with Crippen LogP contribution in [0.4, 0.5) is 0 Å². The van der Waals surface area contributed by atoms with Crippen LogP contribution in [-0.4, -0.2) is 16.1 Å². The van der Waals surface area contributed by atoms with E-state index < -0.39 is 5.97 Å². The topological polar surface area (TPSA) is 63.3 Å². The lowest BCUT2D eigenvalue weighted by Crippen LogP contribution is -1.98. The van der Waals surface area contributed by atoms with Crippen molar-refractivity contribution in [1.29, 1.82) is 0 Å². The Balaban J connectivity index is 2.16. The van der Waals surface area contributed by atoms with Crippen molar-refractivity contribution in [3.63, 3.8) is 0 Å². The summed E-state index contributed by atoms with van der Waals surface area (Å²) in [5.41, 5.74) is 0.984. The monoisotopic (exact) mass is 369 g/mol. The van der Waals surface area contributed by atoms with Gasteiger partial charge in [0.25, 0.3) is 0 Å². The van der Waals surface area contributed by atoms with E-state index in [1.807, 2.05) is 30.5 Å². The molecule has 0 saturated heterocycles. The number of carboxylic acid groups (broad SMARTS) is 1. The minimum absolute atomic E-state index is 0.0536. The number of rotatable bonds is 3. The highest BCUT2D eigenvalue weighted by molar-refractivity contribution is 9.11. The first kappa shape index (κ1) is 13.5. The van der Waals surface area contributed by atoms with Gasteiger partial charge in [0.15, 0.2) is 11.5 Å². The number of aromatic carboxylic acids is 1. The molecule has 3 heterocycles. The zero-order valence-electron chi connectivity index (χ0n) is 10.2. The van der Waals surface area contributed by atoms with Gasteiger partial charge < -0.3 is 9.52 Å². The van der Waals surface area contributed by atoms with Crippen LogP contribution >= 0.6 is 38.6 Å². The Morgan fingerprint density at radius 3 is 2.80 bits per heavy atom. The van der Waals surface area contributed by atoms with Gasteiger partial charge in [-0.2, -0.15) is 0 Å². The fourth-order valence-electron chi connectivity index (χ4n) is 1.71. The van der Waals surface area contributed by atoms with Gasteiger partial charge in [-0.05, 0) is 45.9 Å². The van der Waals surface area contributed by atoms with Crippen LogP contribution in [0.2, 0.25) is 0 Å². The number of thiophene rings is 2. The Kier molecular flexibility index (Phi) is 3.49. The largest absolute Gasteiger partial charge is 0.476 e. The standard InChI is InChI=1S/C13H8BrNO3S2/c1-6-5-8(20-11(6)14)10-9(13(16)17)15-12(18-10)7-3-2-4-19-7/h2-5H,1H3,(H,16,17). The SMILES string of the molecule is Cc1cc(-c2oc(-c3cccs3)nc2C(=O)O)sc1Br. The molecule has 4 nitrogen and oxygen atoms in total. The van der Waals surface area contributed by atoms with E-state index in [4.69, 9.17) is 4.42 Å². The molecule has 3 aromatic rings. The summed E-state index contributed by atoms with van der Waals surface area (Å²) < 4.78 is 6.64. The van der Waals surface area contributed by atoms with Gasteiger partial charge in [-0.3, -0.25) is 0 Å². The van der Waals surface area contributed by atoms with Crippen LogP contribution in [0.5, 0.6) is 0 Å². The fraction of sp³-hybridized carbons (Fsp3) is 0.0769. The number of carbonyl (C=O) groups is 1. The molecule has 3 rings (SSSR count). The second-order valence-electron chi connectivity index (χ2n) is 4.05. The van der Waals surface area contributed by atoms with Crippen LogP contribution in [0.3, 0.4) is 0 Å². The lowest BCUT2D eigenvalue weighted by molar-refractivity contribution is 0.0691. The van der Waals surface area contributed by atoms with Gasteiger partial charge in [-0.15, -0.1) is 22.7 Å². The molecule has 0 atom stereocenters. The first-order valence-electron chi connectivity index (χ1n) is 5.60. The maximum absolute atomic E-state index is 11.3. The Morgan fingerprint density at radius 2 is 2.25 bits per heavy atom. The summed E-state index contributed by atoms with van der Waals surface area (Å²) in [6.07, 6.45) is 0. The average Bonchev–Trinajstić information content (AvgIpc) is 3.09. The van der Waals surface area contributed by atoms with Crippen molar-refractivity contribution in [1.82, 2.24) is 4.98 Å². The molecule has 7 heteroatoms. The molecule has 0 spiro atoms. The van der Waals surface area contributed by atoms with Gasteiger partial charge in [0.05, 0.1) is 13.5 Å². The first-order chi connectivity index (χ1) is 9.56. The zero-order chi connectivity index (χ0) is 14.3. The number of nitrogens with zero attached hydrogens (tertiary/aromatic N) is 1. The smallest absolute Gasteiger partial charge is 0.358 e. The zero-order valence-corrected chi connectivity index (χ0v) is 13.4. The lowest BCUT2D eigenvalue weighted by Gasteiger charge is -1.91. The van der Waals surface area contributed by atoms with Gasteiger partial charge in [0.1, 0.15) is 0 Å². The van der Waals surface area contributed by atoms with Crippen LogP contribution in [0, 0.1) is 6.92 Å². The summed E-state index contributed by atoms with van der Waals surface area (Å²) in [6.45, 7) is 1.95. The summed E-state index contributed by atoms with van der Waals surface area (Å²) in [5.74, 6) is -0.442. The van der Waals surface area contributed by atoms with Gasteiger partial charge in [-0.25, -0.2) is 9.78 Å². The molecule has 0 aromatic carbocycles. The van der Waals surface area contributed by atoms with E-state index in [1.165, 1.54) is 22.7 Å². The summed E-state index contributed by atoms with van der Waals surface area (Å²) in [6, 6.07) is 5.61. The highest BCUT2D eigenvalue weighted by Gasteiger charge is 2.23. The van der Waals surface area contributed by atoms with Crippen LogP contribution in [-0.2, 0) is 0 Å². The quantitative estimate of drug-likeness (QED) is 0.712. The van der Waals surface area contributed by atoms with Crippen LogP contribution in [0.1, 0.15) is 16.1 Å². The van der Waals surface area contributed by atoms with E-state index in [9.17, 15) is 9.90 Å². The van der Waals surface area contributed by atoms with Crippen LogP contribution < -0.4 is 0 Å². The normalized spacial score (nSPS) is 10.9. The molecule has 102 valence electrons. The fourth-order valence-corrected chi connectivity index (χ4v) is 3.88. The number of aromatic nitrogens is 1. The van der Waals surface area contributed by atoms with E-state index in [1.54, 1.807) is 0 Å². The van der Waals surface area contributed by atoms with E-state index in [2.05, 4.69) is 20.9 Å². The molecule has 0 amide bonds. The number of aryl methyl sites for hydroxylation is 1. The van der Waals surface area contributed by atoms with Crippen molar-refractivity contribution in [2.24, 2.45) is 0 Å². The van der Waals surface area contributed by atoms with Crippen molar-refractivity contribution in [3.05, 3.63) is 38.6 Å². The molecule has 0 bridgehead atoms. The molecule has 0 fully saturated rings.